The van der Waals surface area contributed by atoms with Gasteiger partial charge in [0.15, 0.2) is 5.78 Å². The van der Waals surface area contributed by atoms with Gasteiger partial charge >= 0.3 is 5.97 Å². The van der Waals surface area contributed by atoms with Gasteiger partial charge in [0.25, 0.3) is 5.91 Å². The summed E-state index contributed by atoms with van der Waals surface area (Å²) in [7, 11) is 0. The average molecular weight is 294 g/mol. The Labute approximate surface area is 123 Å². The molecular weight excluding hydrogens is 272 g/mol. The molecular formula is C15H22N2O4. The van der Waals surface area contributed by atoms with Crippen LogP contribution in [0.25, 0.3) is 0 Å². The molecule has 0 saturated carbocycles. The number of carbonyl (C=O) groups is 3. The zero-order valence-electron chi connectivity index (χ0n) is 12.9. The van der Waals surface area contributed by atoms with E-state index in [9.17, 15) is 14.4 Å². The van der Waals surface area contributed by atoms with Gasteiger partial charge in [-0.3, -0.25) is 9.59 Å². The summed E-state index contributed by atoms with van der Waals surface area (Å²) >= 11 is 0. The Bertz CT molecular complexity index is 560. The first-order valence-corrected chi connectivity index (χ1v) is 7.09. The number of carbonyl (C=O) groups excluding carboxylic acids is 2. The summed E-state index contributed by atoms with van der Waals surface area (Å²) in [6.45, 7) is 6.89. The number of carboxylic acids is 1. The number of aromatic nitrogens is 1. The Morgan fingerprint density at radius 1 is 1.29 bits per heavy atom. The van der Waals surface area contributed by atoms with Crippen molar-refractivity contribution in [3.8, 4) is 0 Å². The predicted octanol–water partition coefficient (Wildman–Crippen LogP) is 2.07. The maximum Gasteiger partial charge on any atom is 0.326 e. The maximum atomic E-state index is 12.3. The molecule has 1 atom stereocenters. The van der Waals surface area contributed by atoms with Crippen LogP contribution in [0.4, 0.5) is 0 Å². The van der Waals surface area contributed by atoms with E-state index < -0.39 is 17.9 Å². The fourth-order valence-corrected chi connectivity index (χ4v) is 2.48. The van der Waals surface area contributed by atoms with E-state index in [1.54, 1.807) is 6.92 Å². The SMILES string of the molecule is CCCC(NC(=O)c1[nH]c(C)c(C(C)=O)c1CC)C(=O)O. The molecule has 1 aromatic heterocycles. The number of aromatic amines is 1. The van der Waals surface area contributed by atoms with Gasteiger partial charge in [-0.2, -0.15) is 0 Å². The number of aryl methyl sites for hydroxylation is 1. The molecule has 1 amide bonds. The second-order valence-electron chi connectivity index (χ2n) is 5.04. The number of hydrogen-bond donors (Lipinski definition) is 3. The van der Waals surface area contributed by atoms with E-state index in [4.69, 9.17) is 5.11 Å². The lowest BCUT2D eigenvalue weighted by atomic mass is 10.0. The molecule has 0 aliphatic rings. The van der Waals surface area contributed by atoms with Gasteiger partial charge in [-0.25, -0.2) is 4.79 Å². The number of rotatable bonds is 7. The number of amides is 1. The second kappa shape index (κ2) is 7.06. The molecule has 1 rings (SSSR count). The summed E-state index contributed by atoms with van der Waals surface area (Å²) in [5.41, 5.74) is 2.07. The molecule has 21 heavy (non-hydrogen) atoms. The lowest BCUT2D eigenvalue weighted by molar-refractivity contribution is -0.139. The lowest BCUT2D eigenvalue weighted by Crippen LogP contribution is -2.41. The van der Waals surface area contributed by atoms with Gasteiger partial charge in [0.05, 0.1) is 0 Å². The minimum atomic E-state index is -1.06. The lowest BCUT2D eigenvalue weighted by Gasteiger charge is -2.13. The molecule has 0 aliphatic heterocycles. The van der Waals surface area contributed by atoms with Crippen LogP contribution in [0, 0.1) is 6.92 Å². The number of aliphatic carboxylic acids is 1. The second-order valence-corrected chi connectivity index (χ2v) is 5.04. The number of ketones is 1. The van der Waals surface area contributed by atoms with Crippen molar-refractivity contribution in [2.75, 3.05) is 0 Å². The van der Waals surface area contributed by atoms with Crippen LogP contribution in [0.2, 0.25) is 0 Å². The van der Waals surface area contributed by atoms with Crippen molar-refractivity contribution in [1.82, 2.24) is 10.3 Å². The fourth-order valence-electron chi connectivity index (χ4n) is 2.48. The number of carboxylic acid groups (broad SMARTS) is 1. The monoisotopic (exact) mass is 294 g/mol. The number of H-pyrrole nitrogens is 1. The van der Waals surface area contributed by atoms with Crippen LogP contribution < -0.4 is 5.32 Å². The number of Topliss-reactive ketones (excluding diaryl/α,β-unsaturated/α-hetero) is 1. The van der Waals surface area contributed by atoms with E-state index in [1.807, 2.05) is 13.8 Å². The van der Waals surface area contributed by atoms with Gasteiger partial charge in [-0.1, -0.05) is 20.3 Å². The Morgan fingerprint density at radius 2 is 1.90 bits per heavy atom. The highest BCUT2D eigenvalue weighted by atomic mass is 16.4. The highest BCUT2D eigenvalue weighted by molar-refractivity contribution is 6.03. The molecule has 0 saturated heterocycles. The highest BCUT2D eigenvalue weighted by Gasteiger charge is 2.25. The first kappa shape index (κ1) is 16.9. The largest absolute Gasteiger partial charge is 0.480 e. The molecule has 6 heteroatoms. The van der Waals surface area contributed by atoms with Crippen molar-refractivity contribution in [3.05, 3.63) is 22.5 Å². The summed E-state index contributed by atoms with van der Waals surface area (Å²) in [5.74, 6) is -1.65. The Balaban J connectivity index is 3.10. The van der Waals surface area contributed by atoms with E-state index in [-0.39, 0.29) is 11.5 Å². The van der Waals surface area contributed by atoms with Gasteiger partial charge in [-0.15, -0.1) is 0 Å². The first-order chi connectivity index (χ1) is 9.83. The summed E-state index contributed by atoms with van der Waals surface area (Å²) in [4.78, 5) is 38.0. The first-order valence-electron chi connectivity index (χ1n) is 7.09. The van der Waals surface area contributed by atoms with Crippen molar-refractivity contribution in [2.45, 2.75) is 53.0 Å². The predicted molar refractivity (Wildman–Crippen MR) is 78.7 cm³/mol. The van der Waals surface area contributed by atoms with E-state index >= 15 is 0 Å². The van der Waals surface area contributed by atoms with Crippen LogP contribution in [-0.2, 0) is 11.2 Å². The third kappa shape index (κ3) is 3.71. The van der Waals surface area contributed by atoms with Crippen LogP contribution >= 0.6 is 0 Å². The standard InChI is InChI=1S/C15H22N2O4/c1-5-7-11(15(20)21)17-14(19)13-10(6-2)12(9(4)18)8(3)16-13/h11,16H,5-7H2,1-4H3,(H,17,19)(H,20,21). The Hall–Kier alpha value is -2.11. The van der Waals surface area contributed by atoms with E-state index in [2.05, 4.69) is 10.3 Å². The molecule has 3 N–H and O–H groups in total. The minimum absolute atomic E-state index is 0.108. The van der Waals surface area contributed by atoms with E-state index in [0.717, 1.165) is 0 Å². The summed E-state index contributed by atoms with van der Waals surface area (Å²) < 4.78 is 0. The van der Waals surface area contributed by atoms with Crippen LogP contribution in [0.5, 0.6) is 0 Å². The molecule has 0 aromatic carbocycles. The van der Waals surface area contributed by atoms with Crippen molar-refractivity contribution in [3.63, 3.8) is 0 Å². The van der Waals surface area contributed by atoms with Crippen molar-refractivity contribution in [1.29, 1.82) is 0 Å². The normalized spacial score (nSPS) is 12.0. The summed E-state index contributed by atoms with van der Waals surface area (Å²) in [5, 5.41) is 11.6. The van der Waals surface area contributed by atoms with Gasteiger partial charge in [0, 0.05) is 11.3 Å². The zero-order valence-corrected chi connectivity index (χ0v) is 12.9. The van der Waals surface area contributed by atoms with Crippen LogP contribution in [0.15, 0.2) is 0 Å². The third-order valence-corrected chi connectivity index (χ3v) is 3.40. The molecule has 0 bridgehead atoms. The molecule has 1 aromatic rings. The molecule has 1 unspecified atom stereocenters. The van der Waals surface area contributed by atoms with Crippen LogP contribution in [0.3, 0.4) is 0 Å². The molecule has 0 fully saturated rings. The van der Waals surface area contributed by atoms with Gasteiger partial charge in [0.2, 0.25) is 0 Å². The average Bonchev–Trinajstić information content (AvgIpc) is 2.74. The van der Waals surface area contributed by atoms with Gasteiger partial charge in [-0.05, 0) is 32.3 Å². The smallest absolute Gasteiger partial charge is 0.326 e. The van der Waals surface area contributed by atoms with Gasteiger partial charge in [0.1, 0.15) is 11.7 Å². The van der Waals surface area contributed by atoms with Crippen molar-refractivity contribution < 1.29 is 19.5 Å². The fraction of sp³-hybridized carbons (Fsp3) is 0.533. The maximum absolute atomic E-state index is 12.3. The summed E-state index contributed by atoms with van der Waals surface area (Å²) in [6, 6.07) is -0.920. The van der Waals surface area contributed by atoms with Gasteiger partial charge < -0.3 is 15.4 Å². The van der Waals surface area contributed by atoms with E-state index in [0.29, 0.717) is 36.1 Å². The van der Waals surface area contributed by atoms with Crippen molar-refractivity contribution >= 4 is 17.7 Å². The third-order valence-electron chi connectivity index (χ3n) is 3.40. The van der Waals surface area contributed by atoms with E-state index in [1.165, 1.54) is 6.92 Å². The quantitative estimate of drug-likeness (QED) is 0.670. The zero-order chi connectivity index (χ0) is 16.2. The molecule has 0 spiro atoms. The van der Waals surface area contributed by atoms with Crippen LogP contribution in [-0.4, -0.2) is 33.8 Å². The van der Waals surface area contributed by atoms with Crippen LogP contribution in [0.1, 0.15) is 65.7 Å². The minimum Gasteiger partial charge on any atom is -0.480 e. The molecule has 0 aliphatic carbocycles. The number of nitrogens with one attached hydrogen (secondary N) is 2. The highest BCUT2D eigenvalue weighted by Crippen LogP contribution is 2.20. The Kier molecular flexibility index (Phi) is 5.69. The Morgan fingerprint density at radius 3 is 2.33 bits per heavy atom. The molecule has 116 valence electrons. The molecule has 1 heterocycles. The molecule has 0 radical (unpaired) electrons. The summed E-state index contributed by atoms with van der Waals surface area (Å²) in [6.07, 6.45) is 1.54. The number of hydrogen-bond acceptors (Lipinski definition) is 3. The van der Waals surface area contributed by atoms with Crippen molar-refractivity contribution in [2.24, 2.45) is 0 Å². The topological polar surface area (TPSA) is 99.3 Å². The molecule has 6 nitrogen and oxygen atoms in total.